The third kappa shape index (κ3) is 4.07. The Labute approximate surface area is 101 Å². The summed E-state index contributed by atoms with van der Waals surface area (Å²) in [4.78, 5) is 11.8. The lowest BCUT2D eigenvalue weighted by Crippen LogP contribution is -2.29. The Morgan fingerprint density at radius 3 is 2.71 bits per heavy atom. The van der Waals surface area contributed by atoms with Crippen LogP contribution in [0.4, 0.5) is 0 Å². The third-order valence-corrected chi connectivity index (χ3v) is 2.81. The SMILES string of the molecule is CCC(CCO)CNC(=O)c1ccccc1O. The molecule has 0 fully saturated rings. The molecular weight excluding hydrogens is 218 g/mol. The number of aromatic hydroxyl groups is 1. The second kappa shape index (κ2) is 6.91. The molecule has 1 rings (SSSR count). The van der Waals surface area contributed by atoms with Gasteiger partial charge in [0.15, 0.2) is 0 Å². The predicted octanol–water partition coefficient (Wildman–Crippen LogP) is 1.53. The average Bonchev–Trinajstić information content (AvgIpc) is 2.34. The molecule has 1 atom stereocenters. The van der Waals surface area contributed by atoms with Crippen molar-refractivity contribution in [2.24, 2.45) is 5.92 Å². The quantitative estimate of drug-likeness (QED) is 0.702. The van der Waals surface area contributed by atoms with E-state index >= 15 is 0 Å². The van der Waals surface area contributed by atoms with E-state index in [4.69, 9.17) is 5.11 Å². The summed E-state index contributed by atoms with van der Waals surface area (Å²) >= 11 is 0. The first kappa shape index (κ1) is 13.5. The lowest BCUT2D eigenvalue weighted by Gasteiger charge is -2.14. The fourth-order valence-electron chi connectivity index (χ4n) is 1.63. The summed E-state index contributed by atoms with van der Waals surface area (Å²) < 4.78 is 0. The maximum Gasteiger partial charge on any atom is 0.255 e. The summed E-state index contributed by atoms with van der Waals surface area (Å²) in [6.45, 7) is 2.67. The zero-order valence-electron chi connectivity index (χ0n) is 10.0. The van der Waals surface area contributed by atoms with Crippen molar-refractivity contribution in [1.82, 2.24) is 5.32 Å². The normalized spacial score (nSPS) is 12.1. The minimum Gasteiger partial charge on any atom is -0.507 e. The summed E-state index contributed by atoms with van der Waals surface area (Å²) in [5.41, 5.74) is 0.284. The molecule has 4 nitrogen and oxygen atoms in total. The number of aliphatic hydroxyl groups is 1. The maximum atomic E-state index is 11.8. The molecule has 0 aromatic heterocycles. The van der Waals surface area contributed by atoms with Gasteiger partial charge in [-0.15, -0.1) is 0 Å². The fraction of sp³-hybridized carbons (Fsp3) is 0.462. The Morgan fingerprint density at radius 2 is 2.12 bits per heavy atom. The molecule has 0 bridgehead atoms. The molecule has 0 spiro atoms. The summed E-state index contributed by atoms with van der Waals surface area (Å²) in [5, 5.41) is 21.1. The highest BCUT2D eigenvalue weighted by Crippen LogP contribution is 2.15. The van der Waals surface area contributed by atoms with Gasteiger partial charge in [0.25, 0.3) is 5.91 Å². The topological polar surface area (TPSA) is 69.6 Å². The number of rotatable bonds is 6. The van der Waals surface area contributed by atoms with Gasteiger partial charge in [0.2, 0.25) is 0 Å². The van der Waals surface area contributed by atoms with Crippen molar-refractivity contribution in [3.8, 4) is 5.75 Å². The lowest BCUT2D eigenvalue weighted by molar-refractivity contribution is 0.0941. The van der Waals surface area contributed by atoms with Crippen LogP contribution >= 0.6 is 0 Å². The summed E-state index contributed by atoms with van der Waals surface area (Å²) in [5.74, 6) is -0.0190. The number of para-hydroxylation sites is 1. The Hall–Kier alpha value is -1.55. The highest BCUT2D eigenvalue weighted by molar-refractivity contribution is 5.96. The monoisotopic (exact) mass is 237 g/mol. The predicted molar refractivity (Wildman–Crippen MR) is 65.9 cm³/mol. The highest BCUT2D eigenvalue weighted by atomic mass is 16.3. The van der Waals surface area contributed by atoms with Crippen molar-refractivity contribution in [3.05, 3.63) is 29.8 Å². The van der Waals surface area contributed by atoms with Gasteiger partial charge in [-0.25, -0.2) is 0 Å². The van der Waals surface area contributed by atoms with Gasteiger partial charge in [-0.2, -0.15) is 0 Å². The highest BCUT2D eigenvalue weighted by Gasteiger charge is 2.12. The first-order valence-electron chi connectivity index (χ1n) is 5.86. The van der Waals surface area contributed by atoms with E-state index in [1.54, 1.807) is 18.2 Å². The summed E-state index contributed by atoms with van der Waals surface area (Å²) in [6.07, 6.45) is 1.58. The standard InChI is InChI=1S/C13H19NO3/c1-2-10(7-8-15)9-14-13(17)11-5-3-4-6-12(11)16/h3-6,10,15-16H,2,7-9H2,1H3,(H,14,17). The maximum absolute atomic E-state index is 11.8. The number of carbonyl (C=O) groups excluding carboxylic acids is 1. The van der Waals surface area contributed by atoms with Crippen LogP contribution in [0.3, 0.4) is 0 Å². The Morgan fingerprint density at radius 1 is 1.41 bits per heavy atom. The number of hydrogen-bond acceptors (Lipinski definition) is 3. The largest absolute Gasteiger partial charge is 0.507 e. The zero-order chi connectivity index (χ0) is 12.7. The number of benzene rings is 1. The molecule has 94 valence electrons. The van der Waals surface area contributed by atoms with Crippen LogP contribution in [0, 0.1) is 5.92 Å². The van der Waals surface area contributed by atoms with Crippen molar-refractivity contribution < 1.29 is 15.0 Å². The number of nitrogens with one attached hydrogen (secondary N) is 1. The third-order valence-electron chi connectivity index (χ3n) is 2.81. The smallest absolute Gasteiger partial charge is 0.255 e. The van der Waals surface area contributed by atoms with Gasteiger partial charge < -0.3 is 15.5 Å². The van der Waals surface area contributed by atoms with E-state index in [1.807, 2.05) is 6.92 Å². The Balaban J connectivity index is 2.52. The number of hydrogen-bond donors (Lipinski definition) is 3. The molecule has 17 heavy (non-hydrogen) atoms. The number of carbonyl (C=O) groups is 1. The molecule has 0 aliphatic heterocycles. The van der Waals surface area contributed by atoms with E-state index < -0.39 is 0 Å². The lowest BCUT2D eigenvalue weighted by atomic mass is 10.0. The molecular formula is C13H19NO3. The van der Waals surface area contributed by atoms with Crippen molar-refractivity contribution >= 4 is 5.91 Å². The van der Waals surface area contributed by atoms with E-state index in [0.717, 1.165) is 6.42 Å². The van der Waals surface area contributed by atoms with Gasteiger partial charge in [-0.3, -0.25) is 4.79 Å². The zero-order valence-corrected chi connectivity index (χ0v) is 10.0. The summed E-state index contributed by atoms with van der Waals surface area (Å²) in [6, 6.07) is 6.45. The molecule has 4 heteroatoms. The van der Waals surface area contributed by atoms with Crippen molar-refractivity contribution in [1.29, 1.82) is 0 Å². The van der Waals surface area contributed by atoms with Crippen molar-refractivity contribution in [2.75, 3.05) is 13.2 Å². The number of phenolic OH excluding ortho intramolecular Hbond substituents is 1. The van der Waals surface area contributed by atoms with Crippen LogP contribution < -0.4 is 5.32 Å². The molecule has 0 aliphatic carbocycles. The van der Waals surface area contributed by atoms with Crippen LogP contribution in [0.2, 0.25) is 0 Å². The molecule has 0 heterocycles. The van der Waals surface area contributed by atoms with Crippen LogP contribution in [-0.2, 0) is 0 Å². The van der Waals surface area contributed by atoms with Gasteiger partial charge in [-0.1, -0.05) is 25.5 Å². The Kier molecular flexibility index (Phi) is 5.49. The van der Waals surface area contributed by atoms with E-state index in [0.29, 0.717) is 13.0 Å². The Bertz CT molecular complexity index is 365. The number of aliphatic hydroxyl groups excluding tert-OH is 1. The molecule has 0 saturated carbocycles. The minimum atomic E-state index is -0.278. The van der Waals surface area contributed by atoms with Crippen LogP contribution in [0.5, 0.6) is 5.75 Å². The molecule has 1 aromatic carbocycles. The fourth-order valence-corrected chi connectivity index (χ4v) is 1.63. The second-order valence-corrected chi connectivity index (χ2v) is 4.01. The average molecular weight is 237 g/mol. The van der Waals surface area contributed by atoms with Crippen LogP contribution in [0.1, 0.15) is 30.1 Å². The first-order valence-corrected chi connectivity index (χ1v) is 5.86. The number of phenols is 1. The molecule has 3 N–H and O–H groups in total. The van der Waals surface area contributed by atoms with Crippen molar-refractivity contribution in [2.45, 2.75) is 19.8 Å². The van der Waals surface area contributed by atoms with Gasteiger partial charge in [0.05, 0.1) is 5.56 Å². The summed E-state index contributed by atoms with van der Waals surface area (Å²) in [7, 11) is 0. The molecule has 0 aliphatic rings. The molecule has 0 radical (unpaired) electrons. The second-order valence-electron chi connectivity index (χ2n) is 4.01. The van der Waals surface area contributed by atoms with E-state index in [1.165, 1.54) is 6.07 Å². The molecule has 1 unspecified atom stereocenters. The van der Waals surface area contributed by atoms with Gasteiger partial charge in [-0.05, 0) is 24.5 Å². The van der Waals surface area contributed by atoms with Gasteiger partial charge in [0.1, 0.15) is 5.75 Å². The molecule has 1 aromatic rings. The van der Waals surface area contributed by atoms with Crippen LogP contribution in [0.25, 0.3) is 0 Å². The van der Waals surface area contributed by atoms with Crippen LogP contribution in [-0.4, -0.2) is 29.3 Å². The van der Waals surface area contributed by atoms with E-state index in [9.17, 15) is 9.90 Å². The molecule has 1 amide bonds. The van der Waals surface area contributed by atoms with Gasteiger partial charge >= 0.3 is 0 Å². The van der Waals surface area contributed by atoms with Crippen molar-refractivity contribution in [3.63, 3.8) is 0 Å². The first-order chi connectivity index (χ1) is 8.19. The van der Waals surface area contributed by atoms with Gasteiger partial charge in [0, 0.05) is 13.2 Å². The van der Waals surface area contributed by atoms with E-state index in [-0.39, 0.29) is 29.7 Å². The van der Waals surface area contributed by atoms with E-state index in [2.05, 4.69) is 5.32 Å². The minimum absolute atomic E-state index is 0.0137. The molecule has 0 saturated heterocycles. The number of amides is 1. The van der Waals surface area contributed by atoms with Crippen LogP contribution in [0.15, 0.2) is 24.3 Å².